The molecule has 0 unspecified atom stereocenters. The van der Waals surface area contributed by atoms with Crippen LogP contribution in [0.2, 0.25) is 58.9 Å². The van der Waals surface area contributed by atoms with Crippen LogP contribution in [-0.4, -0.2) is 24.2 Å². The zero-order valence-corrected chi connectivity index (χ0v) is 17.0. The molecule has 4 heteroatoms. The Bertz CT molecular complexity index is 138. The molecule has 0 saturated carbocycles. The fraction of sp³-hybridized carbons (Fsp3) is 0.900. The maximum Gasteiger partial charge on any atom is 1.00 e. The summed E-state index contributed by atoms with van der Waals surface area (Å²) in [5.41, 5.74) is 0. The molecule has 0 aliphatic heterocycles. The maximum absolute atomic E-state index is 2.53. The van der Waals surface area contributed by atoms with E-state index < -0.39 is 24.2 Å². The van der Waals surface area contributed by atoms with Crippen molar-refractivity contribution in [3.8, 4) is 0 Å². The minimum Gasteiger partial charge on any atom is -0.311 e. The van der Waals surface area contributed by atoms with E-state index in [4.69, 9.17) is 0 Å². The summed E-state index contributed by atoms with van der Waals surface area (Å²) in [6.07, 6.45) is 0. The molecule has 0 amide bonds. The molecule has 0 aromatic carbocycles. The molecule has 0 spiro atoms. The van der Waals surface area contributed by atoms with Crippen LogP contribution >= 0.6 is 0 Å². The van der Waals surface area contributed by atoms with Crippen LogP contribution in [0.15, 0.2) is 0 Å². The topological polar surface area (TPSA) is 0 Å². The Hall–Kier alpha value is 1.65. The standard InChI is InChI=1S/C10H27Si3.Na/c1-11(2,3)10(12(4,5)6)13(7,8)9;/h1-9H3;/q-1;+1. The van der Waals surface area contributed by atoms with Crippen molar-refractivity contribution in [2.45, 2.75) is 58.9 Å². The van der Waals surface area contributed by atoms with Gasteiger partial charge in [0.2, 0.25) is 0 Å². The zero-order valence-electron chi connectivity index (χ0n) is 12.0. The molecule has 14 heavy (non-hydrogen) atoms. The molecule has 0 N–H and O–H groups in total. The summed E-state index contributed by atoms with van der Waals surface area (Å²) in [4.78, 5) is 2.06. The van der Waals surface area contributed by atoms with E-state index in [2.05, 4.69) is 63.7 Å². The zero-order chi connectivity index (χ0) is 11.1. The molecule has 0 saturated heterocycles. The monoisotopic (exact) mass is 254 g/mol. The van der Waals surface area contributed by atoms with Gasteiger partial charge in [0.05, 0.1) is 0 Å². The van der Waals surface area contributed by atoms with Gasteiger partial charge in [-0.3, -0.25) is 0 Å². The van der Waals surface area contributed by atoms with Gasteiger partial charge in [-0.25, -0.2) is 0 Å². The van der Waals surface area contributed by atoms with E-state index in [1.54, 1.807) is 0 Å². The predicted octanol–water partition coefficient (Wildman–Crippen LogP) is 1.20. The smallest absolute Gasteiger partial charge is 0.311 e. The van der Waals surface area contributed by atoms with E-state index in [-0.39, 0.29) is 29.6 Å². The summed E-state index contributed by atoms with van der Waals surface area (Å²) in [7, 11) is -3.05. The fourth-order valence-electron chi connectivity index (χ4n) is 3.38. The summed E-state index contributed by atoms with van der Waals surface area (Å²) < 4.78 is 0. The Balaban J connectivity index is 0. The van der Waals surface area contributed by atoms with Crippen LogP contribution < -0.4 is 29.6 Å². The van der Waals surface area contributed by atoms with Gasteiger partial charge in [0, 0.05) is 0 Å². The van der Waals surface area contributed by atoms with Gasteiger partial charge >= 0.3 is 29.6 Å². The summed E-state index contributed by atoms with van der Waals surface area (Å²) >= 11 is 0. The van der Waals surface area contributed by atoms with E-state index in [1.807, 2.05) is 0 Å². The Labute approximate surface area is 117 Å². The first kappa shape index (κ1) is 18.0. The van der Waals surface area contributed by atoms with E-state index in [1.165, 1.54) is 0 Å². The van der Waals surface area contributed by atoms with Crippen molar-refractivity contribution in [2.75, 3.05) is 0 Å². The first-order valence-corrected chi connectivity index (χ1v) is 15.8. The SMILES string of the molecule is C[Si](C)(C)[C-]([Si](C)(C)C)[Si](C)(C)C.[Na+]. The molecular weight excluding hydrogens is 227 g/mol. The first-order valence-electron chi connectivity index (χ1n) is 5.25. The van der Waals surface area contributed by atoms with Gasteiger partial charge in [-0.1, -0.05) is 58.9 Å². The third-order valence-corrected chi connectivity index (χ3v) is 20.2. The Morgan fingerprint density at radius 3 is 0.643 bits per heavy atom. The third-order valence-electron chi connectivity index (χ3n) is 2.25. The van der Waals surface area contributed by atoms with E-state index in [9.17, 15) is 0 Å². The van der Waals surface area contributed by atoms with Crippen molar-refractivity contribution in [3.05, 3.63) is 4.79 Å². The molecule has 0 atom stereocenters. The first-order chi connectivity index (χ1) is 5.37. The normalized spacial score (nSPS) is 14.1. The van der Waals surface area contributed by atoms with E-state index in [0.717, 1.165) is 0 Å². The van der Waals surface area contributed by atoms with Crippen LogP contribution in [0.5, 0.6) is 0 Å². The Kier molecular flexibility index (Phi) is 6.85. The molecule has 80 valence electrons. The molecule has 0 rings (SSSR count). The Morgan fingerprint density at radius 1 is 0.500 bits per heavy atom. The minimum absolute atomic E-state index is 0. The van der Waals surface area contributed by atoms with Gasteiger partial charge in [0.1, 0.15) is 0 Å². The van der Waals surface area contributed by atoms with Crippen LogP contribution in [0.25, 0.3) is 0 Å². The van der Waals surface area contributed by atoms with Crippen molar-refractivity contribution < 1.29 is 29.6 Å². The van der Waals surface area contributed by atoms with Crippen molar-refractivity contribution in [1.29, 1.82) is 0 Å². The van der Waals surface area contributed by atoms with E-state index in [0.29, 0.717) is 0 Å². The van der Waals surface area contributed by atoms with Crippen molar-refractivity contribution in [3.63, 3.8) is 0 Å². The van der Waals surface area contributed by atoms with Gasteiger partial charge in [-0.05, 0) is 0 Å². The second-order valence-electron chi connectivity index (χ2n) is 7.12. The van der Waals surface area contributed by atoms with Crippen LogP contribution in [0.1, 0.15) is 0 Å². The molecule has 0 radical (unpaired) electrons. The van der Waals surface area contributed by atoms with Gasteiger partial charge < -0.3 is 4.79 Å². The van der Waals surface area contributed by atoms with Crippen LogP contribution in [0, 0.1) is 4.79 Å². The summed E-state index contributed by atoms with van der Waals surface area (Å²) in [5.74, 6) is 0. The van der Waals surface area contributed by atoms with Crippen LogP contribution in [0.3, 0.4) is 0 Å². The summed E-state index contributed by atoms with van der Waals surface area (Å²) in [5, 5.41) is 0. The third kappa shape index (κ3) is 5.66. The fourth-order valence-corrected chi connectivity index (χ4v) is 30.4. The van der Waals surface area contributed by atoms with Gasteiger partial charge in [-0.15, -0.1) is 24.2 Å². The average Bonchev–Trinajstić information content (AvgIpc) is 1.44. The molecule has 0 heterocycles. The minimum atomic E-state index is -1.02. The van der Waals surface area contributed by atoms with E-state index >= 15 is 0 Å². The molecule has 0 aliphatic rings. The van der Waals surface area contributed by atoms with Crippen LogP contribution in [0.4, 0.5) is 0 Å². The molecule has 0 fully saturated rings. The molecule has 0 nitrogen and oxygen atoms in total. The summed E-state index contributed by atoms with van der Waals surface area (Å²) in [6, 6.07) is 0. The van der Waals surface area contributed by atoms with Gasteiger partial charge in [0.25, 0.3) is 0 Å². The molecular formula is C10H27NaSi3. The van der Waals surface area contributed by atoms with Crippen molar-refractivity contribution >= 4 is 24.2 Å². The van der Waals surface area contributed by atoms with Crippen molar-refractivity contribution in [1.82, 2.24) is 0 Å². The maximum atomic E-state index is 2.53. The number of hydrogen-bond acceptors (Lipinski definition) is 0. The largest absolute Gasteiger partial charge is 1.00 e. The molecule has 0 aliphatic carbocycles. The van der Waals surface area contributed by atoms with Gasteiger partial charge in [0.15, 0.2) is 0 Å². The predicted molar refractivity (Wildman–Crippen MR) is 73.3 cm³/mol. The Morgan fingerprint density at radius 2 is 0.643 bits per heavy atom. The number of rotatable bonds is 3. The van der Waals surface area contributed by atoms with Crippen molar-refractivity contribution in [2.24, 2.45) is 0 Å². The van der Waals surface area contributed by atoms with Crippen LogP contribution in [-0.2, 0) is 0 Å². The quantitative estimate of drug-likeness (QED) is 0.524. The molecule has 0 bridgehead atoms. The second-order valence-corrected chi connectivity index (χ2v) is 23.6. The number of hydrogen-bond donors (Lipinski definition) is 0. The van der Waals surface area contributed by atoms with Gasteiger partial charge in [-0.2, -0.15) is 0 Å². The second kappa shape index (κ2) is 5.32. The molecule has 0 aromatic rings. The summed E-state index contributed by atoms with van der Waals surface area (Å²) in [6.45, 7) is 22.7. The average molecular weight is 255 g/mol. The molecule has 0 aromatic heterocycles.